The Morgan fingerprint density at radius 1 is 1.37 bits per heavy atom. The second-order valence-electron chi connectivity index (χ2n) is 7.98. The molecule has 1 saturated heterocycles. The van der Waals surface area contributed by atoms with Gasteiger partial charge < -0.3 is 14.5 Å². The predicted molar refractivity (Wildman–Crippen MR) is 103 cm³/mol. The van der Waals surface area contributed by atoms with Crippen LogP contribution in [0.4, 0.5) is 10.1 Å². The molecule has 0 aromatic heterocycles. The molecule has 1 fully saturated rings. The van der Waals surface area contributed by atoms with Gasteiger partial charge in [0.05, 0.1) is 13.2 Å². The number of morpholine rings is 1. The highest BCUT2D eigenvalue weighted by molar-refractivity contribution is 6.01. The minimum Gasteiger partial charge on any atom is -0.378 e. The fourth-order valence-corrected chi connectivity index (χ4v) is 3.95. The molecule has 0 saturated carbocycles. The number of carbonyl (C=O) groups is 1. The third-order valence-corrected chi connectivity index (χ3v) is 5.70. The molecule has 1 aromatic carbocycles. The van der Waals surface area contributed by atoms with Crippen LogP contribution in [0, 0.1) is 17.1 Å². The van der Waals surface area contributed by atoms with Crippen LogP contribution in [0.15, 0.2) is 17.7 Å². The van der Waals surface area contributed by atoms with Crippen molar-refractivity contribution in [2.75, 3.05) is 38.3 Å². The molecule has 0 bridgehead atoms. The highest BCUT2D eigenvalue weighted by Gasteiger charge is 2.34. The first-order valence-corrected chi connectivity index (χ1v) is 9.30. The molecule has 6 heteroatoms. The van der Waals surface area contributed by atoms with Crippen molar-refractivity contribution in [2.45, 2.75) is 38.6 Å². The Hall–Kier alpha value is -2.39. The van der Waals surface area contributed by atoms with E-state index in [1.54, 1.807) is 11.0 Å². The van der Waals surface area contributed by atoms with Crippen molar-refractivity contribution >= 4 is 17.7 Å². The van der Waals surface area contributed by atoms with Gasteiger partial charge in [-0.2, -0.15) is 5.26 Å². The van der Waals surface area contributed by atoms with Crippen LogP contribution in [0.1, 0.15) is 44.2 Å². The Bertz CT molecular complexity index is 819. The standard InChI is InChI=1S/C21H26FN3O2/c1-14-12-21(2,3)24(4)19-11-18(22)15(10-17(14)19)9-16(13-23)20(26)25-5-7-27-8-6-25/h9-11,14H,5-8,12H2,1-4H3/b16-9+. The number of nitriles is 1. The first kappa shape index (κ1) is 19.4. The van der Waals surface area contributed by atoms with Crippen LogP contribution in [0.2, 0.25) is 0 Å². The molecule has 2 aliphatic rings. The van der Waals surface area contributed by atoms with E-state index in [0.29, 0.717) is 26.3 Å². The van der Waals surface area contributed by atoms with Crippen molar-refractivity contribution in [1.82, 2.24) is 4.90 Å². The average molecular weight is 371 g/mol. The molecule has 1 aromatic rings. The van der Waals surface area contributed by atoms with Gasteiger partial charge in [0.2, 0.25) is 0 Å². The van der Waals surface area contributed by atoms with Crippen LogP contribution in [-0.2, 0) is 9.53 Å². The van der Waals surface area contributed by atoms with E-state index in [9.17, 15) is 14.4 Å². The van der Waals surface area contributed by atoms with Crippen LogP contribution in [0.3, 0.4) is 0 Å². The largest absolute Gasteiger partial charge is 0.378 e. The van der Waals surface area contributed by atoms with E-state index in [1.807, 2.05) is 13.1 Å². The Balaban J connectivity index is 1.97. The molecule has 0 spiro atoms. The number of carbonyl (C=O) groups excluding carboxylic acids is 1. The number of ether oxygens (including phenoxy) is 1. The summed E-state index contributed by atoms with van der Waals surface area (Å²) < 4.78 is 20.0. The van der Waals surface area contributed by atoms with Gasteiger partial charge in [0.1, 0.15) is 17.5 Å². The summed E-state index contributed by atoms with van der Waals surface area (Å²) in [6, 6.07) is 5.24. The van der Waals surface area contributed by atoms with Crippen LogP contribution in [-0.4, -0.2) is 49.7 Å². The monoisotopic (exact) mass is 371 g/mol. The number of anilines is 1. The third kappa shape index (κ3) is 3.70. The summed E-state index contributed by atoms with van der Waals surface area (Å²) >= 11 is 0. The minimum atomic E-state index is -0.423. The predicted octanol–water partition coefficient (Wildman–Crippen LogP) is 3.31. The maximum atomic E-state index is 14.8. The fourth-order valence-electron chi connectivity index (χ4n) is 3.95. The van der Waals surface area contributed by atoms with Gasteiger partial charge in [0, 0.05) is 36.9 Å². The molecule has 5 nitrogen and oxygen atoms in total. The molecular formula is C21H26FN3O2. The zero-order valence-corrected chi connectivity index (χ0v) is 16.4. The zero-order valence-electron chi connectivity index (χ0n) is 16.4. The summed E-state index contributed by atoms with van der Waals surface area (Å²) in [5, 5.41) is 9.45. The van der Waals surface area contributed by atoms with Gasteiger partial charge in [0.25, 0.3) is 5.91 Å². The summed E-state index contributed by atoms with van der Waals surface area (Å²) in [6.45, 7) is 8.22. The van der Waals surface area contributed by atoms with E-state index in [2.05, 4.69) is 25.7 Å². The minimum absolute atomic E-state index is 0.0482. The van der Waals surface area contributed by atoms with Gasteiger partial charge in [-0.25, -0.2) is 4.39 Å². The Labute approximate surface area is 160 Å². The highest BCUT2D eigenvalue weighted by atomic mass is 19.1. The lowest BCUT2D eigenvalue weighted by atomic mass is 9.80. The molecule has 2 heterocycles. The van der Waals surface area contributed by atoms with Crippen molar-refractivity contribution in [3.63, 3.8) is 0 Å². The smallest absolute Gasteiger partial charge is 0.264 e. The number of rotatable bonds is 2. The first-order valence-electron chi connectivity index (χ1n) is 9.30. The lowest BCUT2D eigenvalue weighted by molar-refractivity contribution is -0.130. The van der Waals surface area contributed by atoms with Crippen molar-refractivity contribution in [3.05, 3.63) is 34.6 Å². The number of hydrogen-bond acceptors (Lipinski definition) is 4. The van der Waals surface area contributed by atoms with Crippen molar-refractivity contribution < 1.29 is 13.9 Å². The Morgan fingerprint density at radius 2 is 2.04 bits per heavy atom. The molecule has 27 heavy (non-hydrogen) atoms. The summed E-state index contributed by atoms with van der Waals surface area (Å²) in [7, 11) is 1.97. The average Bonchev–Trinajstić information content (AvgIpc) is 2.65. The number of benzene rings is 1. The van der Waals surface area contributed by atoms with E-state index < -0.39 is 5.82 Å². The second kappa shape index (κ2) is 7.32. The van der Waals surface area contributed by atoms with Crippen molar-refractivity contribution in [2.24, 2.45) is 0 Å². The topological polar surface area (TPSA) is 56.6 Å². The molecule has 0 N–H and O–H groups in total. The molecule has 144 valence electrons. The summed E-state index contributed by atoms with van der Waals surface area (Å²) in [5.74, 6) is -0.531. The molecule has 0 radical (unpaired) electrons. The second-order valence-corrected chi connectivity index (χ2v) is 7.98. The van der Waals surface area contributed by atoms with E-state index >= 15 is 0 Å². The van der Waals surface area contributed by atoms with Gasteiger partial charge >= 0.3 is 0 Å². The van der Waals surface area contributed by atoms with E-state index in [1.165, 1.54) is 12.1 Å². The lowest BCUT2D eigenvalue weighted by Crippen LogP contribution is -2.45. The van der Waals surface area contributed by atoms with E-state index in [0.717, 1.165) is 17.7 Å². The highest BCUT2D eigenvalue weighted by Crippen LogP contribution is 2.43. The number of hydrogen-bond donors (Lipinski definition) is 0. The van der Waals surface area contributed by atoms with Crippen LogP contribution in [0.5, 0.6) is 0 Å². The normalized spacial score (nSPS) is 22.2. The summed E-state index contributed by atoms with van der Waals surface area (Å²) in [4.78, 5) is 16.3. The zero-order chi connectivity index (χ0) is 19.8. The number of nitrogens with zero attached hydrogens (tertiary/aromatic N) is 3. The summed E-state index contributed by atoms with van der Waals surface area (Å²) in [5.41, 5.74) is 2.09. The molecular weight excluding hydrogens is 345 g/mol. The number of halogens is 1. The maximum absolute atomic E-state index is 14.8. The Kier molecular flexibility index (Phi) is 5.25. The van der Waals surface area contributed by atoms with Crippen LogP contribution in [0.25, 0.3) is 6.08 Å². The number of fused-ring (bicyclic) bond motifs is 1. The lowest BCUT2D eigenvalue weighted by Gasteiger charge is -2.45. The SMILES string of the molecule is CC1CC(C)(C)N(C)c2cc(F)c(/C=C(\C#N)C(=O)N3CCOCC3)cc21. The maximum Gasteiger partial charge on any atom is 0.264 e. The van der Waals surface area contributed by atoms with Gasteiger partial charge in [-0.3, -0.25) is 4.79 Å². The van der Waals surface area contributed by atoms with Gasteiger partial charge in [-0.05, 0) is 50.0 Å². The molecule has 3 rings (SSSR count). The third-order valence-electron chi connectivity index (χ3n) is 5.70. The molecule has 0 aliphatic carbocycles. The van der Waals surface area contributed by atoms with Crippen molar-refractivity contribution in [3.8, 4) is 6.07 Å². The Morgan fingerprint density at radius 3 is 2.67 bits per heavy atom. The van der Waals surface area contributed by atoms with Gasteiger partial charge in [-0.1, -0.05) is 6.92 Å². The fraction of sp³-hybridized carbons (Fsp3) is 0.524. The van der Waals surface area contributed by atoms with Gasteiger partial charge in [0.15, 0.2) is 0 Å². The quantitative estimate of drug-likeness (QED) is 0.591. The van der Waals surface area contributed by atoms with E-state index in [-0.39, 0.29) is 28.5 Å². The van der Waals surface area contributed by atoms with Crippen LogP contribution >= 0.6 is 0 Å². The van der Waals surface area contributed by atoms with E-state index in [4.69, 9.17) is 4.74 Å². The van der Waals surface area contributed by atoms with Crippen molar-refractivity contribution in [1.29, 1.82) is 5.26 Å². The molecule has 1 amide bonds. The number of amides is 1. The summed E-state index contributed by atoms with van der Waals surface area (Å²) in [6.07, 6.45) is 2.32. The van der Waals surface area contributed by atoms with Gasteiger partial charge in [-0.15, -0.1) is 0 Å². The molecule has 1 atom stereocenters. The molecule has 1 unspecified atom stereocenters. The first-order chi connectivity index (χ1) is 12.7. The molecule has 2 aliphatic heterocycles. The van der Waals surface area contributed by atoms with Crippen LogP contribution < -0.4 is 4.90 Å².